The Morgan fingerprint density at radius 2 is 2.00 bits per heavy atom. The Balaban J connectivity index is 2.93. The maximum atomic E-state index is 12.1. The van der Waals surface area contributed by atoms with Crippen molar-refractivity contribution in [3.8, 4) is 0 Å². The molecule has 0 aromatic rings. The molecule has 1 saturated heterocycles. The van der Waals surface area contributed by atoms with Gasteiger partial charge < -0.3 is 5.11 Å². The van der Waals surface area contributed by atoms with Gasteiger partial charge in [-0.25, -0.2) is 8.42 Å². The van der Waals surface area contributed by atoms with E-state index in [0.717, 1.165) is 0 Å². The van der Waals surface area contributed by atoms with Crippen LogP contribution in [0.25, 0.3) is 0 Å². The molecule has 14 heavy (non-hydrogen) atoms. The lowest BCUT2D eigenvalue weighted by molar-refractivity contribution is -0.0497. The number of hydrogen-bond acceptors (Lipinski definition) is 3. The lowest BCUT2D eigenvalue weighted by atomic mass is 10.2. The van der Waals surface area contributed by atoms with Crippen LogP contribution >= 0.6 is 0 Å². The molecule has 1 unspecified atom stereocenters. The molecule has 4 nitrogen and oxygen atoms in total. The molecule has 1 atom stereocenters. The van der Waals surface area contributed by atoms with E-state index in [2.05, 4.69) is 0 Å². The minimum Gasteiger partial charge on any atom is -0.395 e. The zero-order valence-corrected chi connectivity index (χ0v) is 7.98. The number of rotatable bonds is 2. The summed E-state index contributed by atoms with van der Waals surface area (Å²) in [5.74, 6) is 0. The fourth-order valence-electron chi connectivity index (χ4n) is 1.44. The Labute approximate surface area is 79.4 Å². The van der Waals surface area contributed by atoms with Crippen molar-refractivity contribution in [3.05, 3.63) is 0 Å². The third-order valence-electron chi connectivity index (χ3n) is 2.14. The number of aliphatic hydroxyl groups excluding tert-OH is 1. The lowest BCUT2D eigenvalue weighted by Gasteiger charge is -2.23. The highest BCUT2D eigenvalue weighted by molar-refractivity contribution is 7.90. The van der Waals surface area contributed by atoms with Crippen LogP contribution in [0.5, 0.6) is 0 Å². The maximum Gasteiger partial charge on any atom is 0.511 e. The minimum absolute atomic E-state index is 0.174. The predicted octanol–water partition coefficient (Wildman–Crippen LogP) is 0.293. The van der Waals surface area contributed by atoms with Crippen molar-refractivity contribution in [2.75, 3.05) is 13.2 Å². The van der Waals surface area contributed by atoms with Gasteiger partial charge >= 0.3 is 15.5 Å². The summed E-state index contributed by atoms with van der Waals surface area (Å²) >= 11 is 0. The molecule has 0 aromatic heterocycles. The summed E-state index contributed by atoms with van der Waals surface area (Å²) in [6.07, 6.45) is 0.617. The van der Waals surface area contributed by atoms with Crippen molar-refractivity contribution < 1.29 is 26.7 Å². The Hall–Kier alpha value is -0.340. The molecule has 1 heterocycles. The van der Waals surface area contributed by atoms with Gasteiger partial charge in [0, 0.05) is 12.6 Å². The van der Waals surface area contributed by atoms with Crippen LogP contribution in [0.3, 0.4) is 0 Å². The average Bonchev–Trinajstić information content (AvgIpc) is 2.49. The highest BCUT2D eigenvalue weighted by atomic mass is 32.2. The summed E-state index contributed by atoms with van der Waals surface area (Å²) < 4.78 is 58.4. The molecule has 8 heteroatoms. The van der Waals surface area contributed by atoms with Gasteiger partial charge in [-0.1, -0.05) is 0 Å². The standard InChI is InChI=1S/C6H10F3NO3S/c7-6(8,9)14(12,13)10-3-1-2-5(10)4-11/h5,11H,1-4H2. The number of nitrogens with zero attached hydrogens (tertiary/aromatic N) is 1. The summed E-state index contributed by atoms with van der Waals surface area (Å²) in [7, 11) is -5.26. The van der Waals surface area contributed by atoms with Gasteiger partial charge in [0.2, 0.25) is 0 Å². The van der Waals surface area contributed by atoms with Gasteiger partial charge in [-0.05, 0) is 12.8 Å². The van der Waals surface area contributed by atoms with E-state index in [4.69, 9.17) is 5.11 Å². The monoisotopic (exact) mass is 233 g/mol. The lowest BCUT2D eigenvalue weighted by Crippen LogP contribution is -2.44. The van der Waals surface area contributed by atoms with E-state index in [1.165, 1.54) is 0 Å². The van der Waals surface area contributed by atoms with Gasteiger partial charge in [0.05, 0.1) is 6.61 Å². The number of aliphatic hydroxyl groups is 1. The average molecular weight is 233 g/mol. The molecule has 1 aliphatic heterocycles. The molecule has 0 bridgehead atoms. The van der Waals surface area contributed by atoms with Gasteiger partial charge in [-0.2, -0.15) is 17.5 Å². The van der Waals surface area contributed by atoms with E-state index in [-0.39, 0.29) is 13.0 Å². The molecule has 0 aliphatic carbocycles. The molecular weight excluding hydrogens is 223 g/mol. The molecule has 1 N–H and O–H groups in total. The van der Waals surface area contributed by atoms with E-state index in [0.29, 0.717) is 10.7 Å². The first kappa shape index (κ1) is 11.7. The molecule has 0 aromatic carbocycles. The SMILES string of the molecule is O=S(=O)(N1CCCC1CO)C(F)(F)F. The highest BCUT2D eigenvalue weighted by Crippen LogP contribution is 2.31. The predicted molar refractivity (Wildman–Crippen MR) is 41.8 cm³/mol. The van der Waals surface area contributed by atoms with Gasteiger partial charge in [-0.3, -0.25) is 0 Å². The van der Waals surface area contributed by atoms with Crippen molar-refractivity contribution in [1.82, 2.24) is 4.31 Å². The third-order valence-corrected chi connectivity index (χ3v) is 3.82. The summed E-state index contributed by atoms with van der Waals surface area (Å²) in [4.78, 5) is 0. The van der Waals surface area contributed by atoms with Crippen LogP contribution in [0.2, 0.25) is 0 Å². The zero-order valence-electron chi connectivity index (χ0n) is 7.16. The van der Waals surface area contributed by atoms with E-state index in [9.17, 15) is 21.6 Å². The van der Waals surface area contributed by atoms with Gasteiger partial charge in [0.25, 0.3) is 0 Å². The minimum atomic E-state index is -5.27. The number of sulfonamides is 1. The number of halogens is 3. The van der Waals surface area contributed by atoms with Crippen LogP contribution in [0.4, 0.5) is 13.2 Å². The largest absolute Gasteiger partial charge is 0.511 e. The van der Waals surface area contributed by atoms with Gasteiger partial charge in [-0.15, -0.1) is 0 Å². The van der Waals surface area contributed by atoms with Gasteiger partial charge in [0.1, 0.15) is 0 Å². The van der Waals surface area contributed by atoms with Crippen LogP contribution in [0, 0.1) is 0 Å². The second kappa shape index (κ2) is 3.67. The number of hydrogen-bond donors (Lipinski definition) is 1. The molecule has 0 amide bonds. The number of alkyl halides is 3. The second-order valence-electron chi connectivity index (χ2n) is 3.04. The molecule has 1 fully saturated rings. The first-order valence-electron chi connectivity index (χ1n) is 3.99. The summed E-state index contributed by atoms with van der Waals surface area (Å²) in [5, 5.41) is 8.69. The van der Waals surface area contributed by atoms with Crippen LogP contribution < -0.4 is 0 Å². The van der Waals surface area contributed by atoms with Crippen molar-refractivity contribution in [2.24, 2.45) is 0 Å². The molecular formula is C6H10F3NO3S. The van der Waals surface area contributed by atoms with E-state index in [1.54, 1.807) is 0 Å². The first-order chi connectivity index (χ1) is 6.30. The van der Waals surface area contributed by atoms with Crippen molar-refractivity contribution in [2.45, 2.75) is 24.4 Å². The normalized spacial score (nSPS) is 25.6. The van der Waals surface area contributed by atoms with Crippen molar-refractivity contribution in [3.63, 3.8) is 0 Å². The van der Waals surface area contributed by atoms with Crippen LogP contribution in [-0.4, -0.2) is 42.5 Å². The Morgan fingerprint density at radius 1 is 1.43 bits per heavy atom. The zero-order chi connectivity index (χ0) is 11.0. The molecule has 1 aliphatic rings. The molecule has 1 rings (SSSR count). The topological polar surface area (TPSA) is 57.6 Å². The summed E-state index contributed by atoms with van der Waals surface area (Å²) in [5.41, 5.74) is -5.27. The van der Waals surface area contributed by atoms with E-state index < -0.39 is 28.2 Å². The second-order valence-corrected chi connectivity index (χ2v) is 4.92. The first-order valence-corrected chi connectivity index (χ1v) is 5.43. The molecule has 84 valence electrons. The Morgan fingerprint density at radius 3 is 2.43 bits per heavy atom. The fourth-order valence-corrected chi connectivity index (χ4v) is 2.64. The third kappa shape index (κ3) is 1.86. The summed E-state index contributed by atoms with van der Waals surface area (Å²) in [6.45, 7) is -0.748. The molecule has 0 saturated carbocycles. The van der Waals surface area contributed by atoms with Crippen LogP contribution in [-0.2, 0) is 10.0 Å². The van der Waals surface area contributed by atoms with E-state index >= 15 is 0 Å². The van der Waals surface area contributed by atoms with Crippen LogP contribution in [0.15, 0.2) is 0 Å². The fraction of sp³-hybridized carbons (Fsp3) is 1.00. The van der Waals surface area contributed by atoms with Crippen LogP contribution in [0.1, 0.15) is 12.8 Å². The van der Waals surface area contributed by atoms with Crippen molar-refractivity contribution >= 4 is 10.0 Å². The smallest absolute Gasteiger partial charge is 0.395 e. The summed E-state index contributed by atoms with van der Waals surface area (Å²) in [6, 6.07) is -0.929. The quantitative estimate of drug-likeness (QED) is 0.746. The Bertz CT molecular complexity index is 300. The Kier molecular flexibility index (Phi) is 3.07. The maximum absolute atomic E-state index is 12.1. The van der Waals surface area contributed by atoms with Gasteiger partial charge in [0.15, 0.2) is 0 Å². The molecule has 0 spiro atoms. The molecule has 0 radical (unpaired) electrons. The van der Waals surface area contributed by atoms with E-state index in [1.807, 2.05) is 0 Å². The van der Waals surface area contributed by atoms with Crippen molar-refractivity contribution in [1.29, 1.82) is 0 Å². The highest BCUT2D eigenvalue weighted by Gasteiger charge is 2.52.